The summed E-state index contributed by atoms with van der Waals surface area (Å²) in [5.41, 5.74) is 0.361. The number of halogens is 1. The summed E-state index contributed by atoms with van der Waals surface area (Å²) in [7, 11) is 0. The summed E-state index contributed by atoms with van der Waals surface area (Å²) in [5, 5.41) is 22.7. The van der Waals surface area contributed by atoms with Crippen LogP contribution < -0.4 is 14.8 Å². The number of unbranched alkanes of at least 4 members (excludes halogenated alkanes) is 1. The predicted octanol–water partition coefficient (Wildman–Crippen LogP) is 1.69. The summed E-state index contributed by atoms with van der Waals surface area (Å²) in [6, 6.07) is 3.25. The molecule has 1 aromatic carbocycles. The number of carbonyl (C=O) groups is 1. The van der Waals surface area contributed by atoms with Crippen LogP contribution in [0, 0.1) is 5.92 Å². The SMILES string of the molecule is O=C(NC[C@@H]1CCN(CCCCO)C[C@H]1O)c1cc(Cl)cc2c1OCCCO2. The van der Waals surface area contributed by atoms with Crippen molar-refractivity contribution in [3.8, 4) is 11.5 Å². The number of benzene rings is 1. The third kappa shape index (κ3) is 5.50. The Balaban J connectivity index is 1.56. The number of nitrogens with zero attached hydrogens (tertiary/aromatic N) is 1. The minimum absolute atomic E-state index is 0.00741. The Labute approximate surface area is 170 Å². The molecule has 1 fully saturated rings. The van der Waals surface area contributed by atoms with Crippen molar-refractivity contribution in [1.82, 2.24) is 10.2 Å². The smallest absolute Gasteiger partial charge is 0.255 e. The van der Waals surface area contributed by atoms with Gasteiger partial charge in [0.1, 0.15) is 0 Å². The molecular weight excluding hydrogens is 384 g/mol. The van der Waals surface area contributed by atoms with E-state index in [2.05, 4.69) is 10.2 Å². The van der Waals surface area contributed by atoms with Gasteiger partial charge in [-0.1, -0.05) is 11.6 Å². The number of amides is 1. The lowest BCUT2D eigenvalue weighted by Gasteiger charge is -2.36. The molecule has 1 aromatic rings. The molecule has 2 atom stereocenters. The number of hydrogen-bond donors (Lipinski definition) is 3. The van der Waals surface area contributed by atoms with Crippen LogP contribution in [0.5, 0.6) is 11.5 Å². The average molecular weight is 413 g/mol. The number of rotatable bonds is 7. The van der Waals surface area contributed by atoms with Crippen LogP contribution in [0.2, 0.25) is 5.02 Å². The molecular formula is C20H29ClN2O5. The van der Waals surface area contributed by atoms with Crippen molar-refractivity contribution in [1.29, 1.82) is 0 Å². The first kappa shape index (κ1) is 21.2. The molecule has 2 aliphatic rings. The Kier molecular flexibility index (Phi) is 7.79. The molecule has 0 spiro atoms. The highest BCUT2D eigenvalue weighted by Crippen LogP contribution is 2.36. The van der Waals surface area contributed by atoms with Crippen LogP contribution >= 0.6 is 11.6 Å². The molecule has 0 bridgehead atoms. The first-order chi connectivity index (χ1) is 13.6. The fraction of sp³-hybridized carbons (Fsp3) is 0.650. The molecule has 3 N–H and O–H groups in total. The number of aliphatic hydroxyl groups excluding tert-OH is 2. The number of hydrogen-bond acceptors (Lipinski definition) is 6. The highest BCUT2D eigenvalue weighted by atomic mass is 35.5. The molecule has 3 rings (SSSR count). The van der Waals surface area contributed by atoms with Gasteiger partial charge >= 0.3 is 0 Å². The van der Waals surface area contributed by atoms with Crippen molar-refractivity contribution in [3.63, 3.8) is 0 Å². The number of β-amino-alcohol motifs (C(OH)–C–C–N with tert-alkyl or cyclic N) is 1. The molecule has 7 nitrogen and oxygen atoms in total. The van der Waals surface area contributed by atoms with E-state index >= 15 is 0 Å². The number of likely N-dealkylation sites (tertiary alicyclic amines) is 1. The minimum Gasteiger partial charge on any atom is -0.489 e. The zero-order valence-corrected chi connectivity index (χ0v) is 16.8. The third-order valence-corrected chi connectivity index (χ3v) is 5.49. The van der Waals surface area contributed by atoms with Crippen molar-refractivity contribution in [2.45, 2.75) is 31.8 Å². The van der Waals surface area contributed by atoms with E-state index in [-0.39, 0.29) is 18.4 Å². The quantitative estimate of drug-likeness (QED) is 0.590. The van der Waals surface area contributed by atoms with E-state index in [9.17, 15) is 9.90 Å². The zero-order valence-electron chi connectivity index (χ0n) is 16.0. The predicted molar refractivity (Wildman–Crippen MR) is 106 cm³/mol. The van der Waals surface area contributed by atoms with Gasteiger partial charge < -0.3 is 29.9 Å². The minimum atomic E-state index is -0.487. The summed E-state index contributed by atoms with van der Waals surface area (Å²) in [6.45, 7) is 3.96. The van der Waals surface area contributed by atoms with Crippen molar-refractivity contribution >= 4 is 17.5 Å². The van der Waals surface area contributed by atoms with E-state index in [1.807, 2.05) is 0 Å². The monoisotopic (exact) mass is 412 g/mol. The van der Waals surface area contributed by atoms with Crippen molar-refractivity contribution in [2.75, 3.05) is 46.0 Å². The van der Waals surface area contributed by atoms with Gasteiger partial charge in [0, 0.05) is 43.1 Å². The van der Waals surface area contributed by atoms with Gasteiger partial charge in [0.05, 0.1) is 24.9 Å². The Morgan fingerprint density at radius 2 is 2.11 bits per heavy atom. The molecule has 1 saturated heterocycles. The third-order valence-electron chi connectivity index (χ3n) is 5.27. The summed E-state index contributed by atoms with van der Waals surface area (Å²) in [6.07, 6.45) is 2.78. The Morgan fingerprint density at radius 1 is 1.29 bits per heavy atom. The Hall–Kier alpha value is -1.54. The second-order valence-electron chi connectivity index (χ2n) is 7.39. The van der Waals surface area contributed by atoms with Crippen LogP contribution in [0.25, 0.3) is 0 Å². The Bertz CT molecular complexity index is 672. The fourth-order valence-corrected chi connectivity index (χ4v) is 3.87. The maximum absolute atomic E-state index is 12.7. The van der Waals surface area contributed by atoms with Crippen LogP contribution in [-0.4, -0.2) is 73.1 Å². The first-order valence-corrected chi connectivity index (χ1v) is 10.3. The summed E-state index contributed by atoms with van der Waals surface area (Å²) in [5.74, 6) is 0.653. The molecule has 0 aliphatic carbocycles. The van der Waals surface area contributed by atoms with E-state index in [4.69, 9.17) is 26.2 Å². The van der Waals surface area contributed by atoms with Gasteiger partial charge in [0.15, 0.2) is 11.5 Å². The van der Waals surface area contributed by atoms with Gasteiger partial charge in [-0.2, -0.15) is 0 Å². The lowest BCUT2D eigenvalue weighted by atomic mass is 9.93. The van der Waals surface area contributed by atoms with Crippen molar-refractivity contribution in [2.24, 2.45) is 5.92 Å². The summed E-state index contributed by atoms with van der Waals surface area (Å²) >= 11 is 6.14. The molecule has 2 aliphatic heterocycles. The van der Waals surface area contributed by atoms with Gasteiger partial charge in [-0.15, -0.1) is 0 Å². The number of aliphatic hydroxyl groups is 2. The molecule has 0 saturated carbocycles. The largest absolute Gasteiger partial charge is 0.489 e. The highest BCUT2D eigenvalue weighted by Gasteiger charge is 2.28. The van der Waals surface area contributed by atoms with Crippen LogP contribution in [-0.2, 0) is 0 Å². The van der Waals surface area contributed by atoms with E-state index in [0.717, 1.165) is 38.8 Å². The lowest BCUT2D eigenvalue weighted by Crippen LogP contribution is -2.47. The van der Waals surface area contributed by atoms with Crippen LogP contribution in [0.1, 0.15) is 36.0 Å². The van der Waals surface area contributed by atoms with Crippen LogP contribution in [0.15, 0.2) is 12.1 Å². The topological polar surface area (TPSA) is 91.3 Å². The van der Waals surface area contributed by atoms with E-state index in [1.54, 1.807) is 12.1 Å². The molecule has 1 amide bonds. The lowest BCUT2D eigenvalue weighted by molar-refractivity contribution is 0.0212. The maximum atomic E-state index is 12.7. The van der Waals surface area contributed by atoms with E-state index in [1.165, 1.54) is 0 Å². The molecule has 156 valence electrons. The Morgan fingerprint density at radius 3 is 2.89 bits per heavy atom. The van der Waals surface area contributed by atoms with Crippen molar-refractivity contribution < 1.29 is 24.5 Å². The maximum Gasteiger partial charge on any atom is 0.255 e. The zero-order chi connectivity index (χ0) is 19.9. The molecule has 28 heavy (non-hydrogen) atoms. The first-order valence-electron chi connectivity index (χ1n) is 9.97. The highest BCUT2D eigenvalue weighted by molar-refractivity contribution is 6.31. The second-order valence-corrected chi connectivity index (χ2v) is 7.82. The number of nitrogens with one attached hydrogen (secondary N) is 1. The second kappa shape index (κ2) is 10.3. The van der Waals surface area contributed by atoms with E-state index in [0.29, 0.717) is 48.4 Å². The van der Waals surface area contributed by atoms with Crippen LogP contribution in [0.4, 0.5) is 0 Å². The standard InChI is InChI=1S/C20H29ClN2O5/c21-15-10-16(19-18(11-15)27-8-3-9-28-19)20(26)22-12-14-4-6-23(13-17(14)25)5-1-2-7-24/h10-11,14,17,24-25H,1-9,12-13H2,(H,22,26)/t14-,17+/m0/s1. The molecule has 2 heterocycles. The number of carbonyl (C=O) groups excluding carboxylic acids is 1. The van der Waals surface area contributed by atoms with Gasteiger partial charge in [0.25, 0.3) is 5.91 Å². The number of piperidine rings is 1. The van der Waals surface area contributed by atoms with E-state index < -0.39 is 6.10 Å². The fourth-order valence-electron chi connectivity index (χ4n) is 3.66. The molecule has 0 unspecified atom stereocenters. The van der Waals surface area contributed by atoms with Gasteiger partial charge in [-0.3, -0.25) is 4.79 Å². The summed E-state index contributed by atoms with van der Waals surface area (Å²) in [4.78, 5) is 15.0. The van der Waals surface area contributed by atoms with Crippen molar-refractivity contribution in [3.05, 3.63) is 22.7 Å². The van der Waals surface area contributed by atoms with Crippen LogP contribution in [0.3, 0.4) is 0 Å². The van der Waals surface area contributed by atoms with Gasteiger partial charge in [-0.25, -0.2) is 0 Å². The normalized spacial score (nSPS) is 22.5. The number of ether oxygens (including phenoxy) is 2. The average Bonchev–Trinajstić information content (AvgIpc) is 2.92. The van der Waals surface area contributed by atoms with Gasteiger partial charge in [-0.05, 0) is 38.4 Å². The number of fused-ring (bicyclic) bond motifs is 1. The summed E-state index contributed by atoms with van der Waals surface area (Å²) < 4.78 is 11.3. The molecule has 0 aromatic heterocycles. The molecule has 0 radical (unpaired) electrons. The molecule has 8 heteroatoms. The van der Waals surface area contributed by atoms with Gasteiger partial charge in [0.2, 0.25) is 0 Å².